The maximum Gasteiger partial charge on any atom is 0.0178 e. The summed E-state index contributed by atoms with van der Waals surface area (Å²) >= 11 is 0. The molecule has 0 aliphatic heterocycles. The van der Waals surface area contributed by atoms with Crippen LogP contribution in [0.3, 0.4) is 0 Å². The molecule has 2 aromatic carbocycles. The van der Waals surface area contributed by atoms with Gasteiger partial charge in [0.05, 0.1) is 0 Å². The predicted octanol–water partition coefficient (Wildman–Crippen LogP) is 4.95. The van der Waals surface area contributed by atoms with Crippen LogP contribution in [0.15, 0.2) is 60.7 Å². The third-order valence-corrected chi connectivity index (χ3v) is 3.24. The van der Waals surface area contributed by atoms with Crippen molar-refractivity contribution in [2.75, 3.05) is 0 Å². The number of hydrogen-bond donors (Lipinski definition) is 1. The molecule has 0 aliphatic rings. The maximum atomic E-state index is 5.35. The van der Waals surface area contributed by atoms with Crippen LogP contribution in [0.2, 0.25) is 0 Å². The fourth-order valence-corrected chi connectivity index (χ4v) is 2.01. The lowest BCUT2D eigenvalue weighted by Gasteiger charge is -1.99. The number of rotatable bonds is 6. The zero-order chi connectivity index (χ0) is 14.5. The van der Waals surface area contributed by atoms with E-state index in [1.807, 2.05) is 30.3 Å². The Balaban J connectivity index is 0.000000217. The van der Waals surface area contributed by atoms with Crippen LogP contribution in [0, 0.1) is 0 Å². The number of aryl methyl sites for hydroxylation is 1. The highest BCUT2D eigenvalue weighted by Crippen LogP contribution is 2.06. The van der Waals surface area contributed by atoms with E-state index in [9.17, 15) is 0 Å². The molecule has 0 bridgehead atoms. The lowest BCUT2D eigenvalue weighted by atomic mass is 10.1. The maximum absolute atomic E-state index is 5.35. The standard InChI is InChI=1S/C12H18.C7H9N/c1-2-3-4-6-9-12-10-7-5-8-11-12;8-6-7-4-2-1-3-5-7/h5,7-8,10-11H,2-4,6,9H2,1H3;1-5H,6,8H2. The van der Waals surface area contributed by atoms with Gasteiger partial charge < -0.3 is 5.73 Å². The average Bonchev–Trinajstić information content (AvgIpc) is 2.54. The Hall–Kier alpha value is -1.60. The van der Waals surface area contributed by atoms with Crippen molar-refractivity contribution in [3.8, 4) is 0 Å². The molecule has 0 heterocycles. The van der Waals surface area contributed by atoms with Crippen molar-refractivity contribution in [2.24, 2.45) is 5.73 Å². The van der Waals surface area contributed by atoms with Crippen LogP contribution < -0.4 is 5.73 Å². The van der Waals surface area contributed by atoms with E-state index >= 15 is 0 Å². The minimum Gasteiger partial charge on any atom is -0.326 e. The largest absolute Gasteiger partial charge is 0.326 e. The lowest BCUT2D eigenvalue weighted by molar-refractivity contribution is 0.667. The Morgan fingerprint density at radius 1 is 0.700 bits per heavy atom. The van der Waals surface area contributed by atoms with Gasteiger partial charge in [0, 0.05) is 6.54 Å². The zero-order valence-corrected chi connectivity index (χ0v) is 12.6. The fourth-order valence-electron chi connectivity index (χ4n) is 2.01. The van der Waals surface area contributed by atoms with Crippen molar-refractivity contribution in [1.29, 1.82) is 0 Å². The van der Waals surface area contributed by atoms with Gasteiger partial charge in [-0.2, -0.15) is 0 Å². The van der Waals surface area contributed by atoms with Crippen LogP contribution in [-0.4, -0.2) is 0 Å². The molecule has 0 spiro atoms. The van der Waals surface area contributed by atoms with Crippen LogP contribution in [0.25, 0.3) is 0 Å². The van der Waals surface area contributed by atoms with Crippen molar-refractivity contribution >= 4 is 0 Å². The molecule has 2 N–H and O–H groups in total. The molecular weight excluding hydrogens is 242 g/mol. The van der Waals surface area contributed by atoms with E-state index < -0.39 is 0 Å². The molecule has 0 unspecified atom stereocenters. The van der Waals surface area contributed by atoms with Crippen molar-refractivity contribution < 1.29 is 0 Å². The normalized spacial score (nSPS) is 9.70. The molecule has 2 aromatic rings. The highest BCUT2D eigenvalue weighted by Gasteiger charge is 1.90. The third-order valence-electron chi connectivity index (χ3n) is 3.24. The van der Waals surface area contributed by atoms with Crippen molar-refractivity contribution in [3.05, 3.63) is 71.8 Å². The summed E-state index contributed by atoms with van der Waals surface area (Å²) in [6.45, 7) is 2.89. The Bertz CT molecular complexity index is 422. The molecule has 1 nitrogen and oxygen atoms in total. The van der Waals surface area contributed by atoms with Gasteiger partial charge in [0.15, 0.2) is 0 Å². The second kappa shape index (κ2) is 11.2. The fraction of sp³-hybridized carbons (Fsp3) is 0.368. The van der Waals surface area contributed by atoms with Crippen LogP contribution in [-0.2, 0) is 13.0 Å². The summed E-state index contributed by atoms with van der Waals surface area (Å²) in [6, 6.07) is 20.7. The first kappa shape index (κ1) is 16.5. The topological polar surface area (TPSA) is 26.0 Å². The Morgan fingerprint density at radius 2 is 1.25 bits per heavy atom. The molecule has 0 amide bonds. The Morgan fingerprint density at radius 3 is 1.70 bits per heavy atom. The summed E-state index contributed by atoms with van der Waals surface area (Å²) in [6.07, 6.45) is 6.69. The first-order valence-electron chi connectivity index (χ1n) is 7.64. The Labute approximate surface area is 123 Å². The molecule has 0 radical (unpaired) electrons. The SMILES string of the molecule is CCCCCCc1ccccc1.NCc1ccccc1. The van der Waals surface area contributed by atoms with Gasteiger partial charge >= 0.3 is 0 Å². The van der Waals surface area contributed by atoms with Gasteiger partial charge in [0.2, 0.25) is 0 Å². The Kier molecular flexibility index (Phi) is 9.25. The van der Waals surface area contributed by atoms with Crippen LogP contribution in [0.5, 0.6) is 0 Å². The van der Waals surface area contributed by atoms with Crippen LogP contribution in [0.4, 0.5) is 0 Å². The van der Waals surface area contributed by atoms with E-state index in [1.165, 1.54) is 43.2 Å². The minimum atomic E-state index is 0.640. The first-order valence-corrected chi connectivity index (χ1v) is 7.64. The lowest BCUT2D eigenvalue weighted by Crippen LogP contribution is -1.94. The molecule has 2 rings (SSSR count). The molecule has 0 aromatic heterocycles. The third kappa shape index (κ3) is 7.75. The molecule has 0 saturated carbocycles. The van der Waals surface area contributed by atoms with E-state index in [4.69, 9.17) is 5.73 Å². The summed E-state index contributed by atoms with van der Waals surface area (Å²) in [5, 5.41) is 0. The van der Waals surface area contributed by atoms with Crippen LogP contribution >= 0.6 is 0 Å². The van der Waals surface area contributed by atoms with Gasteiger partial charge in [0.25, 0.3) is 0 Å². The zero-order valence-electron chi connectivity index (χ0n) is 12.6. The van der Waals surface area contributed by atoms with Gasteiger partial charge in [-0.15, -0.1) is 0 Å². The highest BCUT2D eigenvalue weighted by atomic mass is 14.5. The van der Waals surface area contributed by atoms with E-state index in [0.717, 1.165) is 0 Å². The van der Waals surface area contributed by atoms with Crippen molar-refractivity contribution in [2.45, 2.75) is 45.6 Å². The summed E-state index contributed by atoms with van der Waals surface area (Å²) in [7, 11) is 0. The monoisotopic (exact) mass is 269 g/mol. The number of unbranched alkanes of at least 4 members (excludes halogenated alkanes) is 3. The molecular formula is C19H27N. The second-order valence-corrected chi connectivity index (χ2v) is 4.99. The van der Waals surface area contributed by atoms with Gasteiger partial charge in [-0.25, -0.2) is 0 Å². The molecule has 20 heavy (non-hydrogen) atoms. The quantitative estimate of drug-likeness (QED) is 0.737. The number of hydrogen-bond acceptors (Lipinski definition) is 1. The number of nitrogens with two attached hydrogens (primary N) is 1. The van der Waals surface area contributed by atoms with Gasteiger partial charge in [0.1, 0.15) is 0 Å². The summed E-state index contributed by atoms with van der Waals surface area (Å²) in [4.78, 5) is 0. The molecule has 0 aliphatic carbocycles. The van der Waals surface area contributed by atoms with E-state index in [1.54, 1.807) is 0 Å². The molecule has 0 fully saturated rings. The number of benzene rings is 2. The van der Waals surface area contributed by atoms with E-state index in [-0.39, 0.29) is 0 Å². The van der Waals surface area contributed by atoms with Crippen LogP contribution in [0.1, 0.15) is 43.7 Å². The van der Waals surface area contributed by atoms with Crippen molar-refractivity contribution in [3.63, 3.8) is 0 Å². The predicted molar refractivity (Wildman–Crippen MR) is 88.6 cm³/mol. The van der Waals surface area contributed by atoms with Crippen molar-refractivity contribution in [1.82, 2.24) is 0 Å². The van der Waals surface area contributed by atoms with E-state index in [0.29, 0.717) is 6.54 Å². The summed E-state index contributed by atoms with van der Waals surface area (Å²) in [5.41, 5.74) is 8.02. The summed E-state index contributed by atoms with van der Waals surface area (Å²) < 4.78 is 0. The van der Waals surface area contributed by atoms with Gasteiger partial charge in [-0.05, 0) is 24.0 Å². The second-order valence-electron chi connectivity index (χ2n) is 4.99. The van der Waals surface area contributed by atoms with E-state index in [2.05, 4.69) is 37.3 Å². The van der Waals surface area contributed by atoms with Gasteiger partial charge in [-0.3, -0.25) is 0 Å². The smallest absolute Gasteiger partial charge is 0.0178 e. The molecule has 1 heteroatoms. The highest BCUT2D eigenvalue weighted by molar-refractivity contribution is 5.14. The summed E-state index contributed by atoms with van der Waals surface area (Å²) in [5.74, 6) is 0. The van der Waals surface area contributed by atoms with Gasteiger partial charge in [-0.1, -0.05) is 86.8 Å². The molecule has 108 valence electrons. The first-order chi connectivity index (χ1) is 9.86. The minimum absolute atomic E-state index is 0.640. The molecule has 0 atom stereocenters. The molecule has 0 saturated heterocycles. The average molecular weight is 269 g/mol.